The summed E-state index contributed by atoms with van der Waals surface area (Å²) >= 11 is 0. The number of benzene rings is 1. The molecule has 1 aromatic carbocycles. The molecule has 0 fully saturated rings. The maximum Gasteiger partial charge on any atom is 0.335 e. The first-order valence-electron chi connectivity index (χ1n) is 6.31. The first kappa shape index (κ1) is 16.6. The van der Waals surface area contributed by atoms with Gasteiger partial charge >= 0.3 is 5.97 Å². The monoisotopic (exact) mass is 286 g/mol. The van der Waals surface area contributed by atoms with Gasteiger partial charge in [0.2, 0.25) is 0 Å². The van der Waals surface area contributed by atoms with Crippen molar-refractivity contribution >= 4 is 5.97 Å². The molecule has 0 aliphatic heterocycles. The fourth-order valence-electron chi connectivity index (χ4n) is 1.51. The van der Waals surface area contributed by atoms with E-state index in [0.717, 1.165) is 6.07 Å². The van der Waals surface area contributed by atoms with Crippen molar-refractivity contribution in [3.8, 4) is 0 Å². The maximum atomic E-state index is 13.4. The average molecular weight is 286 g/mol. The van der Waals surface area contributed by atoms with E-state index in [-0.39, 0.29) is 17.7 Å². The normalized spacial score (nSPS) is 10.7. The first-order chi connectivity index (χ1) is 9.65. The van der Waals surface area contributed by atoms with Crippen molar-refractivity contribution in [3.05, 3.63) is 35.1 Å². The Morgan fingerprint density at radius 1 is 1.20 bits per heavy atom. The van der Waals surface area contributed by atoms with Gasteiger partial charge in [-0.25, -0.2) is 9.18 Å². The zero-order valence-corrected chi connectivity index (χ0v) is 11.4. The van der Waals surface area contributed by atoms with Gasteiger partial charge in [-0.1, -0.05) is 0 Å². The topological polar surface area (TPSA) is 65.0 Å². The lowest BCUT2D eigenvalue weighted by Crippen LogP contribution is -2.06. The van der Waals surface area contributed by atoms with Crippen LogP contribution in [-0.4, -0.2) is 44.6 Å². The molecule has 20 heavy (non-hydrogen) atoms. The van der Waals surface area contributed by atoms with E-state index in [1.807, 2.05) is 0 Å². The highest BCUT2D eigenvalue weighted by Gasteiger charge is 2.08. The molecule has 5 nitrogen and oxygen atoms in total. The SMILES string of the molecule is COCCOCCCOCc1cc(C(=O)O)ccc1F. The van der Waals surface area contributed by atoms with Crippen LogP contribution < -0.4 is 0 Å². The van der Waals surface area contributed by atoms with E-state index in [1.54, 1.807) is 7.11 Å². The molecule has 6 heteroatoms. The third-order valence-electron chi connectivity index (χ3n) is 2.56. The highest BCUT2D eigenvalue weighted by molar-refractivity contribution is 5.87. The van der Waals surface area contributed by atoms with E-state index in [1.165, 1.54) is 12.1 Å². The summed E-state index contributed by atoms with van der Waals surface area (Å²) < 4.78 is 28.8. The molecule has 0 aliphatic carbocycles. The second-order valence-corrected chi connectivity index (χ2v) is 4.12. The van der Waals surface area contributed by atoms with E-state index in [9.17, 15) is 9.18 Å². The molecule has 0 aromatic heterocycles. The number of hydrogen-bond donors (Lipinski definition) is 1. The Labute approximate surface area is 117 Å². The molecular weight excluding hydrogens is 267 g/mol. The fraction of sp³-hybridized carbons (Fsp3) is 0.500. The minimum atomic E-state index is -1.09. The number of aromatic carboxylic acids is 1. The van der Waals surface area contributed by atoms with Crippen LogP contribution in [0.15, 0.2) is 18.2 Å². The molecule has 0 atom stereocenters. The molecule has 1 N–H and O–H groups in total. The number of carbonyl (C=O) groups is 1. The molecule has 112 valence electrons. The highest BCUT2D eigenvalue weighted by Crippen LogP contribution is 2.12. The minimum absolute atomic E-state index is 0.0467. The van der Waals surface area contributed by atoms with Gasteiger partial charge < -0.3 is 19.3 Å². The van der Waals surface area contributed by atoms with E-state index in [4.69, 9.17) is 19.3 Å². The predicted octanol–water partition coefficient (Wildman–Crippen LogP) is 2.09. The van der Waals surface area contributed by atoms with Gasteiger partial charge in [-0.05, 0) is 24.6 Å². The van der Waals surface area contributed by atoms with Gasteiger partial charge in [-0.3, -0.25) is 0 Å². The van der Waals surface area contributed by atoms with E-state index in [0.29, 0.717) is 32.8 Å². The number of halogens is 1. The summed E-state index contributed by atoms with van der Waals surface area (Å²) in [5.74, 6) is -1.55. The Bertz CT molecular complexity index is 422. The zero-order chi connectivity index (χ0) is 14.8. The zero-order valence-electron chi connectivity index (χ0n) is 11.4. The van der Waals surface area contributed by atoms with Crippen LogP contribution in [0.4, 0.5) is 4.39 Å². The molecule has 0 heterocycles. The highest BCUT2D eigenvalue weighted by atomic mass is 19.1. The third-order valence-corrected chi connectivity index (χ3v) is 2.56. The van der Waals surface area contributed by atoms with E-state index >= 15 is 0 Å². The summed E-state index contributed by atoms with van der Waals surface area (Å²) in [5.41, 5.74) is 0.290. The lowest BCUT2D eigenvalue weighted by molar-refractivity contribution is 0.0479. The van der Waals surface area contributed by atoms with E-state index in [2.05, 4.69) is 0 Å². The molecule has 0 saturated heterocycles. The molecule has 1 rings (SSSR count). The van der Waals surface area contributed by atoms with Gasteiger partial charge in [0.05, 0.1) is 25.4 Å². The Balaban J connectivity index is 2.24. The van der Waals surface area contributed by atoms with Crippen LogP contribution in [0.5, 0.6) is 0 Å². The number of rotatable bonds is 10. The molecule has 0 aliphatic rings. The van der Waals surface area contributed by atoms with Crippen LogP contribution in [0.3, 0.4) is 0 Å². The molecular formula is C14H19FO5. The Hall–Kier alpha value is -1.50. The summed E-state index contributed by atoms with van der Waals surface area (Å²) in [7, 11) is 1.60. The Morgan fingerprint density at radius 2 is 1.95 bits per heavy atom. The van der Waals surface area contributed by atoms with Crippen molar-refractivity contribution < 1.29 is 28.5 Å². The Morgan fingerprint density at radius 3 is 2.65 bits per heavy atom. The largest absolute Gasteiger partial charge is 0.478 e. The number of carboxylic acids is 1. The van der Waals surface area contributed by atoms with Crippen LogP contribution in [0, 0.1) is 5.82 Å². The molecule has 0 radical (unpaired) electrons. The number of carboxylic acid groups (broad SMARTS) is 1. The molecule has 0 spiro atoms. The van der Waals surface area contributed by atoms with Crippen LogP contribution in [0.2, 0.25) is 0 Å². The van der Waals surface area contributed by atoms with Crippen molar-refractivity contribution in [3.63, 3.8) is 0 Å². The van der Waals surface area contributed by atoms with Gasteiger partial charge in [0.1, 0.15) is 5.82 Å². The first-order valence-corrected chi connectivity index (χ1v) is 6.31. The molecule has 0 amide bonds. The minimum Gasteiger partial charge on any atom is -0.478 e. The molecule has 0 unspecified atom stereocenters. The summed E-state index contributed by atoms with van der Waals surface area (Å²) in [6.07, 6.45) is 0.684. The quantitative estimate of drug-likeness (QED) is 0.667. The van der Waals surface area contributed by atoms with Crippen molar-refractivity contribution in [2.24, 2.45) is 0 Å². The number of ether oxygens (including phenoxy) is 3. The van der Waals surface area contributed by atoms with Crippen molar-refractivity contribution in [2.45, 2.75) is 13.0 Å². The number of methoxy groups -OCH3 is 1. The van der Waals surface area contributed by atoms with Gasteiger partial charge in [-0.15, -0.1) is 0 Å². The van der Waals surface area contributed by atoms with Crippen LogP contribution >= 0.6 is 0 Å². The maximum absolute atomic E-state index is 13.4. The molecule has 0 bridgehead atoms. The lowest BCUT2D eigenvalue weighted by atomic mass is 10.1. The second kappa shape index (κ2) is 9.41. The predicted molar refractivity (Wildman–Crippen MR) is 70.3 cm³/mol. The van der Waals surface area contributed by atoms with Gasteiger partial charge in [0, 0.05) is 25.9 Å². The van der Waals surface area contributed by atoms with Crippen LogP contribution in [0.1, 0.15) is 22.3 Å². The Kier molecular flexibility index (Phi) is 7.79. The second-order valence-electron chi connectivity index (χ2n) is 4.12. The fourth-order valence-corrected chi connectivity index (χ4v) is 1.51. The van der Waals surface area contributed by atoms with Crippen LogP contribution in [0.25, 0.3) is 0 Å². The van der Waals surface area contributed by atoms with Crippen molar-refractivity contribution in [1.82, 2.24) is 0 Å². The van der Waals surface area contributed by atoms with Gasteiger partial charge in [0.15, 0.2) is 0 Å². The summed E-state index contributed by atoms with van der Waals surface area (Å²) in [5, 5.41) is 8.82. The lowest BCUT2D eigenvalue weighted by Gasteiger charge is -2.07. The smallest absolute Gasteiger partial charge is 0.335 e. The van der Waals surface area contributed by atoms with Crippen molar-refractivity contribution in [1.29, 1.82) is 0 Å². The standard InChI is InChI=1S/C14H19FO5/c1-18-7-8-19-5-2-6-20-10-12-9-11(14(16)17)3-4-13(12)15/h3-4,9H,2,5-8,10H2,1H3,(H,16,17). The summed E-state index contributed by atoms with van der Waals surface area (Å²) in [6.45, 7) is 2.09. The third kappa shape index (κ3) is 6.10. The summed E-state index contributed by atoms with van der Waals surface area (Å²) in [6, 6.07) is 3.65. The van der Waals surface area contributed by atoms with Crippen molar-refractivity contribution in [2.75, 3.05) is 33.5 Å². The molecule has 1 aromatic rings. The average Bonchev–Trinajstić information content (AvgIpc) is 2.43. The van der Waals surface area contributed by atoms with Gasteiger partial charge in [-0.2, -0.15) is 0 Å². The van der Waals surface area contributed by atoms with E-state index < -0.39 is 11.8 Å². The van der Waals surface area contributed by atoms with Gasteiger partial charge in [0.25, 0.3) is 0 Å². The molecule has 0 saturated carbocycles. The number of hydrogen-bond acceptors (Lipinski definition) is 4. The summed E-state index contributed by atoms with van der Waals surface area (Å²) in [4.78, 5) is 10.8. The van der Waals surface area contributed by atoms with Crippen LogP contribution in [-0.2, 0) is 20.8 Å².